The highest BCUT2D eigenvalue weighted by atomic mass is 16.7. The maximum atomic E-state index is 11.1. The van der Waals surface area contributed by atoms with Crippen molar-refractivity contribution in [1.29, 1.82) is 0 Å². The number of aliphatic carboxylic acids is 1. The molecule has 1 aliphatic heterocycles. The summed E-state index contributed by atoms with van der Waals surface area (Å²) in [5.41, 5.74) is 1.02. The Kier molecular flexibility index (Phi) is 5.92. The fourth-order valence-electron chi connectivity index (χ4n) is 2.64. The van der Waals surface area contributed by atoms with E-state index in [0.717, 1.165) is 5.56 Å². The Morgan fingerprint density at radius 2 is 1.52 bits per heavy atom. The third kappa shape index (κ3) is 4.55. The maximum Gasteiger partial charge on any atom is 0.335 e. The Balaban J connectivity index is 1.61. The zero-order chi connectivity index (χ0) is 19.4. The van der Waals surface area contributed by atoms with E-state index in [4.69, 9.17) is 19.3 Å². The van der Waals surface area contributed by atoms with E-state index in [9.17, 15) is 20.1 Å². The summed E-state index contributed by atoms with van der Waals surface area (Å²) in [6.07, 6.45) is -8.23. The lowest BCUT2D eigenvalue weighted by Crippen LogP contribution is -2.61. The van der Waals surface area contributed by atoms with E-state index in [1.165, 1.54) is 0 Å². The van der Waals surface area contributed by atoms with Crippen molar-refractivity contribution < 1.29 is 39.4 Å². The lowest BCUT2D eigenvalue weighted by Gasteiger charge is -2.38. The molecule has 1 saturated heterocycles. The minimum absolute atomic E-state index is 0.277. The predicted octanol–water partition coefficient (Wildman–Crippen LogP) is 0.537. The average Bonchev–Trinajstić information content (AvgIpc) is 2.68. The highest BCUT2D eigenvalue weighted by Crippen LogP contribution is 2.26. The van der Waals surface area contributed by atoms with Crippen molar-refractivity contribution in [2.45, 2.75) is 37.3 Å². The van der Waals surface area contributed by atoms with Gasteiger partial charge in [-0.15, -0.1) is 0 Å². The minimum atomic E-state index is -1.76. The Morgan fingerprint density at radius 3 is 2.15 bits per heavy atom. The summed E-state index contributed by atoms with van der Waals surface area (Å²) < 4.78 is 16.1. The second-order valence-electron chi connectivity index (χ2n) is 6.10. The van der Waals surface area contributed by atoms with Crippen molar-refractivity contribution in [3.8, 4) is 11.5 Å². The summed E-state index contributed by atoms with van der Waals surface area (Å²) in [4.78, 5) is 11.1. The van der Waals surface area contributed by atoms with Gasteiger partial charge >= 0.3 is 5.97 Å². The molecular formula is C19H20O8. The van der Waals surface area contributed by atoms with Crippen molar-refractivity contribution in [2.24, 2.45) is 0 Å². The first-order valence-corrected chi connectivity index (χ1v) is 8.31. The van der Waals surface area contributed by atoms with Gasteiger partial charge in [-0.05, 0) is 29.8 Å². The van der Waals surface area contributed by atoms with Gasteiger partial charge in [-0.3, -0.25) is 0 Å². The fraction of sp³-hybridized carbons (Fsp3) is 0.316. The second-order valence-corrected chi connectivity index (χ2v) is 6.10. The molecule has 8 heteroatoms. The van der Waals surface area contributed by atoms with Crippen LogP contribution in [0.2, 0.25) is 0 Å². The largest absolute Gasteiger partial charge is 0.489 e. The van der Waals surface area contributed by atoms with Crippen molar-refractivity contribution >= 4 is 5.97 Å². The number of benzene rings is 2. The molecule has 1 aliphatic rings. The Morgan fingerprint density at radius 1 is 0.889 bits per heavy atom. The highest BCUT2D eigenvalue weighted by molar-refractivity contribution is 5.73. The lowest BCUT2D eigenvalue weighted by molar-refractivity contribution is -0.271. The SMILES string of the molecule is O=C(O)C1OC(Oc2ccc(OCc3ccccc3)cc2)C(O)C(O)C1O. The molecule has 0 saturated carbocycles. The van der Waals surface area contributed by atoms with Crippen LogP contribution in [0.5, 0.6) is 11.5 Å². The van der Waals surface area contributed by atoms with Crippen LogP contribution in [-0.4, -0.2) is 57.1 Å². The Labute approximate surface area is 155 Å². The predicted molar refractivity (Wildman–Crippen MR) is 92.2 cm³/mol. The number of carbonyl (C=O) groups is 1. The summed E-state index contributed by atoms with van der Waals surface area (Å²) in [6, 6.07) is 16.0. The summed E-state index contributed by atoms with van der Waals surface area (Å²) in [7, 11) is 0. The van der Waals surface area contributed by atoms with Crippen LogP contribution >= 0.6 is 0 Å². The van der Waals surface area contributed by atoms with Gasteiger partial charge in [0.25, 0.3) is 0 Å². The van der Waals surface area contributed by atoms with Crippen molar-refractivity contribution in [3.05, 3.63) is 60.2 Å². The Bertz CT molecular complexity index is 748. The number of hydrogen-bond donors (Lipinski definition) is 4. The van der Waals surface area contributed by atoms with Gasteiger partial charge in [-0.2, -0.15) is 0 Å². The van der Waals surface area contributed by atoms with Crippen LogP contribution in [0, 0.1) is 0 Å². The molecule has 0 radical (unpaired) electrons. The zero-order valence-electron chi connectivity index (χ0n) is 14.2. The van der Waals surface area contributed by atoms with E-state index in [-0.39, 0.29) is 5.75 Å². The molecule has 2 aromatic carbocycles. The minimum Gasteiger partial charge on any atom is -0.489 e. The first-order chi connectivity index (χ1) is 13.0. The van der Waals surface area contributed by atoms with Crippen LogP contribution in [0.15, 0.2) is 54.6 Å². The number of carboxylic acid groups (broad SMARTS) is 1. The molecule has 0 aliphatic carbocycles. The molecule has 0 amide bonds. The molecular weight excluding hydrogens is 356 g/mol. The van der Waals surface area contributed by atoms with E-state index in [1.54, 1.807) is 24.3 Å². The molecule has 8 nitrogen and oxygen atoms in total. The van der Waals surface area contributed by atoms with Gasteiger partial charge in [-0.1, -0.05) is 30.3 Å². The maximum absolute atomic E-state index is 11.1. The standard InChI is InChI=1S/C19H20O8/c20-14-15(21)17(18(23)24)27-19(16(14)22)26-13-8-6-12(7-9-13)25-10-11-4-2-1-3-5-11/h1-9,14-17,19-22H,10H2,(H,23,24). The van der Waals surface area contributed by atoms with Gasteiger partial charge < -0.3 is 34.6 Å². The summed E-state index contributed by atoms with van der Waals surface area (Å²) >= 11 is 0. The molecule has 0 spiro atoms. The number of aliphatic hydroxyl groups excluding tert-OH is 3. The van der Waals surface area contributed by atoms with Crippen molar-refractivity contribution in [2.75, 3.05) is 0 Å². The molecule has 4 N–H and O–H groups in total. The molecule has 1 fully saturated rings. The smallest absolute Gasteiger partial charge is 0.335 e. The van der Waals surface area contributed by atoms with Crippen LogP contribution in [-0.2, 0) is 16.1 Å². The normalized spacial score (nSPS) is 27.7. The van der Waals surface area contributed by atoms with Crippen LogP contribution in [0.25, 0.3) is 0 Å². The number of rotatable bonds is 6. The molecule has 3 rings (SSSR count). The monoisotopic (exact) mass is 376 g/mol. The highest BCUT2D eigenvalue weighted by Gasteiger charge is 2.48. The van der Waals surface area contributed by atoms with Gasteiger partial charge in [0, 0.05) is 0 Å². The summed E-state index contributed by atoms with van der Waals surface area (Å²) in [5.74, 6) is -0.597. The zero-order valence-corrected chi connectivity index (χ0v) is 14.2. The lowest BCUT2D eigenvalue weighted by atomic mass is 9.99. The fourth-order valence-corrected chi connectivity index (χ4v) is 2.64. The van der Waals surface area contributed by atoms with Gasteiger partial charge in [-0.25, -0.2) is 4.79 Å². The average molecular weight is 376 g/mol. The van der Waals surface area contributed by atoms with Gasteiger partial charge in [0.1, 0.15) is 36.4 Å². The van der Waals surface area contributed by atoms with Gasteiger partial charge in [0.05, 0.1) is 0 Å². The van der Waals surface area contributed by atoms with E-state index in [2.05, 4.69) is 0 Å². The molecule has 0 bridgehead atoms. The molecule has 2 aromatic rings. The van der Waals surface area contributed by atoms with E-state index in [0.29, 0.717) is 12.4 Å². The summed E-state index contributed by atoms with van der Waals surface area (Å²) in [5, 5.41) is 38.4. The third-order valence-electron chi connectivity index (χ3n) is 4.14. The molecule has 5 unspecified atom stereocenters. The third-order valence-corrected chi connectivity index (χ3v) is 4.14. The van der Waals surface area contributed by atoms with E-state index < -0.39 is 36.7 Å². The number of carboxylic acids is 1. The van der Waals surface area contributed by atoms with Crippen molar-refractivity contribution in [3.63, 3.8) is 0 Å². The molecule has 0 aromatic heterocycles. The Hall–Kier alpha value is -2.65. The van der Waals surface area contributed by atoms with Gasteiger partial charge in [0.15, 0.2) is 6.10 Å². The number of hydrogen-bond acceptors (Lipinski definition) is 7. The topological polar surface area (TPSA) is 126 Å². The molecule has 1 heterocycles. The second kappa shape index (κ2) is 8.36. The first-order valence-electron chi connectivity index (χ1n) is 8.31. The van der Waals surface area contributed by atoms with Crippen molar-refractivity contribution in [1.82, 2.24) is 0 Å². The molecule has 144 valence electrons. The van der Waals surface area contributed by atoms with Gasteiger partial charge in [0.2, 0.25) is 6.29 Å². The van der Waals surface area contributed by atoms with E-state index >= 15 is 0 Å². The van der Waals surface area contributed by atoms with E-state index in [1.807, 2.05) is 30.3 Å². The number of aliphatic hydroxyl groups is 3. The van der Waals surface area contributed by atoms with Crippen LogP contribution in [0.4, 0.5) is 0 Å². The van der Waals surface area contributed by atoms with Crippen LogP contribution in [0.1, 0.15) is 5.56 Å². The van der Waals surface area contributed by atoms with Crippen LogP contribution in [0.3, 0.4) is 0 Å². The number of ether oxygens (including phenoxy) is 3. The molecule has 5 atom stereocenters. The summed E-state index contributed by atoms with van der Waals surface area (Å²) in [6.45, 7) is 0.399. The quantitative estimate of drug-likeness (QED) is 0.576. The first kappa shape index (κ1) is 19.1. The molecule has 27 heavy (non-hydrogen) atoms. The van der Waals surface area contributed by atoms with Crippen LogP contribution < -0.4 is 9.47 Å².